The maximum absolute atomic E-state index is 12.7. The molecule has 0 unspecified atom stereocenters. The highest BCUT2D eigenvalue weighted by molar-refractivity contribution is 7.89. The predicted octanol–water partition coefficient (Wildman–Crippen LogP) is 1.27. The van der Waals surface area contributed by atoms with Crippen molar-refractivity contribution in [3.8, 4) is 0 Å². The Hall–Kier alpha value is -1.35. The number of sulfonamides is 1. The van der Waals surface area contributed by atoms with Gasteiger partial charge >= 0.3 is 0 Å². The second-order valence-electron chi connectivity index (χ2n) is 6.64. The lowest BCUT2D eigenvalue weighted by Gasteiger charge is -2.25. The molecule has 0 radical (unpaired) electrons. The lowest BCUT2D eigenvalue weighted by atomic mass is 10.1. The average Bonchev–Trinajstić information content (AvgIpc) is 3.04. The van der Waals surface area contributed by atoms with Crippen LogP contribution >= 0.6 is 12.4 Å². The number of hydrogen-bond donors (Lipinski definition) is 2. The molecular weight excluding hydrogens is 376 g/mol. The van der Waals surface area contributed by atoms with Gasteiger partial charge in [-0.1, -0.05) is 18.1 Å². The zero-order valence-electron chi connectivity index (χ0n) is 15.0. The minimum absolute atomic E-state index is 0. The number of amides is 1. The number of nitrogens with zero attached hydrogens (tertiary/aromatic N) is 2. The van der Waals surface area contributed by atoms with E-state index in [0.717, 1.165) is 38.8 Å². The van der Waals surface area contributed by atoms with Crippen molar-refractivity contribution in [1.29, 1.82) is 0 Å². The second kappa shape index (κ2) is 9.03. The summed E-state index contributed by atoms with van der Waals surface area (Å²) < 4.78 is 28.6. The van der Waals surface area contributed by atoms with E-state index in [1.165, 1.54) is 22.1 Å². The van der Waals surface area contributed by atoms with Gasteiger partial charge in [0.1, 0.15) is 10.6 Å². The van der Waals surface area contributed by atoms with Gasteiger partial charge in [0.05, 0.1) is 0 Å². The first-order valence-electron chi connectivity index (χ1n) is 8.82. The van der Waals surface area contributed by atoms with Crippen LogP contribution in [-0.4, -0.2) is 55.9 Å². The van der Waals surface area contributed by atoms with Crippen LogP contribution in [0.1, 0.15) is 36.2 Å². The fourth-order valence-corrected chi connectivity index (χ4v) is 4.86. The summed E-state index contributed by atoms with van der Waals surface area (Å²) in [6.07, 6.45) is 7.39. The Labute approximate surface area is 161 Å². The molecule has 2 N–H and O–H groups in total. The minimum Gasteiger partial charge on any atom is -0.347 e. The van der Waals surface area contributed by atoms with Gasteiger partial charge in [-0.2, -0.15) is 4.31 Å². The molecule has 0 aliphatic carbocycles. The number of aromatic nitrogens is 1. The molecule has 1 aromatic heterocycles. The molecular formula is C17H27ClN4O3S. The van der Waals surface area contributed by atoms with Gasteiger partial charge in [0, 0.05) is 39.4 Å². The molecule has 0 spiro atoms. The molecule has 1 amide bonds. The first kappa shape index (κ1) is 21.0. The maximum atomic E-state index is 12.7. The van der Waals surface area contributed by atoms with Crippen molar-refractivity contribution in [3.63, 3.8) is 0 Å². The Morgan fingerprint density at radius 1 is 1.27 bits per heavy atom. The van der Waals surface area contributed by atoms with Crippen molar-refractivity contribution in [2.75, 3.05) is 32.7 Å². The number of nitrogens with one attached hydrogen (secondary N) is 2. The molecule has 3 heterocycles. The molecule has 2 aliphatic heterocycles. The summed E-state index contributed by atoms with van der Waals surface area (Å²) in [5, 5.41) is 6.12. The van der Waals surface area contributed by atoms with Crippen LogP contribution in [0.5, 0.6) is 0 Å². The van der Waals surface area contributed by atoms with E-state index >= 15 is 0 Å². The Kier molecular flexibility index (Phi) is 7.28. The molecule has 7 nitrogen and oxygen atoms in total. The van der Waals surface area contributed by atoms with Gasteiger partial charge in [0.15, 0.2) is 0 Å². The van der Waals surface area contributed by atoms with E-state index < -0.39 is 10.0 Å². The van der Waals surface area contributed by atoms with E-state index in [9.17, 15) is 13.2 Å². The fourth-order valence-electron chi connectivity index (χ4n) is 3.27. The number of hydrogen-bond acceptors (Lipinski definition) is 4. The predicted molar refractivity (Wildman–Crippen MR) is 103 cm³/mol. The number of carbonyl (C=O) groups excluding carboxylic acids is 1. The Morgan fingerprint density at radius 2 is 2.00 bits per heavy atom. The van der Waals surface area contributed by atoms with Crippen molar-refractivity contribution in [1.82, 2.24) is 19.5 Å². The third-order valence-corrected chi connectivity index (χ3v) is 6.66. The summed E-state index contributed by atoms with van der Waals surface area (Å²) in [5.74, 6) is -0.248. The highest BCUT2D eigenvalue weighted by Gasteiger charge is 2.28. The van der Waals surface area contributed by atoms with Crippen LogP contribution in [0, 0.1) is 0 Å². The zero-order valence-corrected chi connectivity index (χ0v) is 16.7. The molecule has 1 aromatic rings. The minimum atomic E-state index is -3.52. The third-order valence-electron chi connectivity index (χ3n) is 4.80. The normalized spacial score (nSPS) is 18.7. The largest absolute Gasteiger partial charge is 0.347 e. The molecule has 2 aliphatic rings. The number of rotatable bonds is 5. The summed E-state index contributed by atoms with van der Waals surface area (Å²) in [4.78, 5) is 12.6. The van der Waals surface area contributed by atoms with Gasteiger partial charge in [-0.3, -0.25) is 4.79 Å². The van der Waals surface area contributed by atoms with E-state index in [1.807, 2.05) is 0 Å². The molecule has 26 heavy (non-hydrogen) atoms. The van der Waals surface area contributed by atoms with Crippen molar-refractivity contribution < 1.29 is 13.2 Å². The van der Waals surface area contributed by atoms with Gasteiger partial charge in [0.2, 0.25) is 10.0 Å². The van der Waals surface area contributed by atoms with E-state index in [0.29, 0.717) is 25.3 Å². The van der Waals surface area contributed by atoms with Crippen LogP contribution in [0.3, 0.4) is 0 Å². The highest BCUT2D eigenvalue weighted by Crippen LogP contribution is 2.22. The van der Waals surface area contributed by atoms with Gasteiger partial charge in [-0.05, 0) is 31.9 Å². The van der Waals surface area contributed by atoms with E-state index in [4.69, 9.17) is 0 Å². The number of halogens is 1. The topological polar surface area (TPSA) is 83.4 Å². The smallest absolute Gasteiger partial charge is 0.268 e. The van der Waals surface area contributed by atoms with Crippen molar-refractivity contribution in [2.24, 2.45) is 7.05 Å². The summed E-state index contributed by atoms with van der Waals surface area (Å²) in [6, 6.07) is 1.48. The Balaban J connectivity index is 0.00000243. The molecule has 0 atom stereocenters. The number of carbonyl (C=O) groups is 1. The van der Waals surface area contributed by atoms with Gasteiger partial charge in [-0.15, -0.1) is 12.4 Å². The van der Waals surface area contributed by atoms with E-state index in [2.05, 4.69) is 16.7 Å². The SMILES string of the molecule is Cl.Cn1cc(S(=O)(=O)N2CCCCC2)cc1C(=O)NCC1=CCNCC1. The lowest BCUT2D eigenvalue weighted by molar-refractivity contribution is 0.0948. The van der Waals surface area contributed by atoms with Crippen LogP contribution in [0.2, 0.25) is 0 Å². The molecule has 146 valence electrons. The molecule has 1 fully saturated rings. The van der Waals surface area contributed by atoms with Gasteiger partial charge in [-0.25, -0.2) is 8.42 Å². The Morgan fingerprint density at radius 3 is 2.65 bits per heavy atom. The maximum Gasteiger partial charge on any atom is 0.268 e. The molecule has 9 heteroatoms. The quantitative estimate of drug-likeness (QED) is 0.726. The van der Waals surface area contributed by atoms with Crippen molar-refractivity contribution >= 4 is 28.3 Å². The van der Waals surface area contributed by atoms with Gasteiger partial charge < -0.3 is 15.2 Å². The fraction of sp³-hybridized carbons (Fsp3) is 0.588. The molecule has 0 aromatic carbocycles. The molecule has 0 bridgehead atoms. The average molecular weight is 403 g/mol. The molecule has 0 saturated carbocycles. The van der Waals surface area contributed by atoms with E-state index in [1.54, 1.807) is 11.6 Å². The molecule has 1 saturated heterocycles. The monoisotopic (exact) mass is 402 g/mol. The standard InChI is InChI=1S/C17H26N4O3S.ClH/c1-20-13-15(25(23,24)21-9-3-2-4-10-21)11-16(20)17(22)19-12-14-5-7-18-8-6-14;/h5,11,13,18H,2-4,6-10,12H2,1H3,(H,19,22);1H. The Bertz CT molecular complexity index is 767. The lowest BCUT2D eigenvalue weighted by Crippen LogP contribution is -2.35. The first-order valence-corrected chi connectivity index (χ1v) is 10.3. The third kappa shape index (κ3) is 4.68. The molecule has 3 rings (SSSR count). The summed E-state index contributed by atoms with van der Waals surface area (Å²) in [5.41, 5.74) is 1.56. The number of aryl methyl sites for hydroxylation is 1. The summed E-state index contributed by atoms with van der Waals surface area (Å²) in [6.45, 7) is 3.36. The summed E-state index contributed by atoms with van der Waals surface area (Å²) >= 11 is 0. The summed E-state index contributed by atoms with van der Waals surface area (Å²) in [7, 11) is -1.82. The van der Waals surface area contributed by atoms with Crippen molar-refractivity contribution in [3.05, 3.63) is 29.6 Å². The van der Waals surface area contributed by atoms with Crippen LogP contribution in [0.15, 0.2) is 28.8 Å². The van der Waals surface area contributed by atoms with Crippen LogP contribution in [-0.2, 0) is 17.1 Å². The first-order chi connectivity index (χ1) is 12.0. The second-order valence-corrected chi connectivity index (χ2v) is 8.57. The number of piperidine rings is 1. The van der Waals surface area contributed by atoms with E-state index in [-0.39, 0.29) is 23.2 Å². The zero-order chi connectivity index (χ0) is 17.9. The van der Waals surface area contributed by atoms with Crippen LogP contribution in [0.4, 0.5) is 0 Å². The van der Waals surface area contributed by atoms with Crippen molar-refractivity contribution in [2.45, 2.75) is 30.6 Å². The van der Waals surface area contributed by atoms with Gasteiger partial charge in [0.25, 0.3) is 5.91 Å². The van der Waals surface area contributed by atoms with Crippen LogP contribution < -0.4 is 10.6 Å². The van der Waals surface area contributed by atoms with Crippen LogP contribution in [0.25, 0.3) is 0 Å². The highest BCUT2D eigenvalue weighted by atomic mass is 35.5.